The molecule has 1 heterocycles. The molecule has 1 N–H and O–H groups in total. The van der Waals surface area contributed by atoms with Gasteiger partial charge in [0.25, 0.3) is 0 Å². The fraction of sp³-hybridized carbons (Fsp3) is 0.696. The van der Waals surface area contributed by atoms with Crippen LogP contribution in [0.15, 0.2) is 24.3 Å². The van der Waals surface area contributed by atoms with Crippen molar-refractivity contribution >= 4 is 5.91 Å². The number of benzene rings is 1. The lowest BCUT2D eigenvalue weighted by molar-refractivity contribution is -0.129. The molecule has 1 aliphatic heterocycles. The van der Waals surface area contributed by atoms with Gasteiger partial charge in [-0.1, -0.05) is 25.5 Å². The maximum atomic E-state index is 13.3. The first-order valence-electron chi connectivity index (χ1n) is 10.8. The van der Waals surface area contributed by atoms with Crippen LogP contribution in [0.4, 0.5) is 4.39 Å². The summed E-state index contributed by atoms with van der Waals surface area (Å²) >= 11 is 0. The van der Waals surface area contributed by atoms with E-state index < -0.39 is 0 Å². The van der Waals surface area contributed by atoms with Crippen molar-refractivity contribution in [3.05, 3.63) is 35.6 Å². The van der Waals surface area contributed by atoms with Crippen LogP contribution in [0.25, 0.3) is 0 Å². The SMILES string of the molecule is CCC1C[C@H]1NCC1(Cc2ccc(F)cc2)CCN(CCC(=O)N(C)C)CC1. The normalized spacial score (nSPS) is 24.1. The summed E-state index contributed by atoms with van der Waals surface area (Å²) in [6, 6.07) is 7.71. The highest BCUT2D eigenvalue weighted by Crippen LogP contribution is 2.38. The van der Waals surface area contributed by atoms with Crippen molar-refractivity contribution < 1.29 is 9.18 Å². The standard InChI is InChI=1S/C23H36FN3O/c1-4-19-15-21(19)25-17-23(16-18-5-7-20(24)8-6-18)10-13-27(14-11-23)12-9-22(28)26(2)3/h5-8,19,21,25H,4,9-17H2,1-3H3/t19?,21-/m1/s1. The van der Waals surface area contributed by atoms with Gasteiger partial charge in [-0.15, -0.1) is 0 Å². The Balaban J connectivity index is 1.57. The number of piperidine rings is 1. The molecule has 1 aromatic carbocycles. The summed E-state index contributed by atoms with van der Waals surface area (Å²) in [4.78, 5) is 16.0. The van der Waals surface area contributed by atoms with Gasteiger partial charge in [0, 0.05) is 39.6 Å². The van der Waals surface area contributed by atoms with E-state index in [-0.39, 0.29) is 17.1 Å². The van der Waals surface area contributed by atoms with Gasteiger partial charge in [0.1, 0.15) is 5.82 Å². The molecule has 156 valence electrons. The van der Waals surface area contributed by atoms with Crippen LogP contribution in [0, 0.1) is 17.2 Å². The Labute approximate surface area is 169 Å². The first-order valence-corrected chi connectivity index (χ1v) is 10.8. The Morgan fingerprint density at radius 2 is 1.93 bits per heavy atom. The van der Waals surface area contributed by atoms with Crippen LogP contribution in [-0.4, -0.2) is 62.0 Å². The van der Waals surface area contributed by atoms with Gasteiger partial charge in [-0.3, -0.25) is 4.79 Å². The minimum Gasteiger partial charge on any atom is -0.349 e. The number of nitrogens with one attached hydrogen (secondary N) is 1. The van der Waals surface area contributed by atoms with E-state index in [1.807, 2.05) is 26.2 Å². The summed E-state index contributed by atoms with van der Waals surface area (Å²) in [5, 5.41) is 3.83. The molecule has 5 heteroatoms. The van der Waals surface area contributed by atoms with Gasteiger partial charge in [-0.25, -0.2) is 4.39 Å². The fourth-order valence-electron chi connectivity index (χ4n) is 4.48. The van der Waals surface area contributed by atoms with Crippen molar-refractivity contribution in [2.75, 3.05) is 40.3 Å². The van der Waals surface area contributed by atoms with Crippen molar-refractivity contribution in [3.63, 3.8) is 0 Å². The van der Waals surface area contributed by atoms with Gasteiger partial charge in [-0.2, -0.15) is 0 Å². The second-order valence-corrected chi connectivity index (χ2v) is 9.07. The van der Waals surface area contributed by atoms with Crippen molar-refractivity contribution in [2.45, 2.75) is 51.5 Å². The largest absolute Gasteiger partial charge is 0.349 e. The molecule has 0 aromatic heterocycles. The van der Waals surface area contributed by atoms with Gasteiger partial charge in [0.15, 0.2) is 0 Å². The summed E-state index contributed by atoms with van der Waals surface area (Å²) in [5.41, 5.74) is 1.45. The molecule has 2 aliphatic rings. The molecule has 1 aromatic rings. The summed E-state index contributed by atoms with van der Waals surface area (Å²) < 4.78 is 13.3. The molecule has 1 aliphatic carbocycles. The highest BCUT2D eigenvalue weighted by molar-refractivity contribution is 5.75. The molecular formula is C23H36FN3O. The number of nitrogens with zero attached hydrogens (tertiary/aromatic N) is 2. The van der Waals surface area contributed by atoms with E-state index in [2.05, 4.69) is 17.1 Å². The number of carbonyl (C=O) groups excluding carboxylic acids is 1. The van der Waals surface area contributed by atoms with E-state index in [0.717, 1.165) is 51.4 Å². The van der Waals surface area contributed by atoms with Gasteiger partial charge >= 0.3 is 0 Å². The van der Waals surface area contributed by atoms with E-state index >= 15 is 0 Å². The Morgan fingerprint density at radius 1 is 1.25 bits per heavy atom. The summed E-state index contributed by atoms with van der Waals surface area (Å²) in [6.45, 7) is 6.22. The summed E-state index contributed by atoms with van der Waals surface area (Å²) in [5.74, 6) is 0.879. The number of hydrogen-bond donors (Lipinski definition) is 1. The number of rotatable bonds is 9. The first-order chi connectivity index (χ1) is 13.4. The van der Waals surface area contributed by atoms with Gasteiger partial charge in [-0.05, 0) is 67.8 Å². The molecule has 1 amide bonds. The van der Waals surface area contributed by atoms with Crippen molar-refractivity contribution in [1.82, 2.24) is 15.1 Å². The quantitative estimate of drug-likeness (QED) is 0.704. The van der Waals surface area contributed by atoms with Crippen LogP contribution in [0.1, 0.15) is 44.6 Å². The van der Waals surface area contributed by atoms with Gasteiger partial charge in [0.05, 0.1) is 0 Å². The predicted octanol–water partition coefficient (Wildman–Crippen LogP) is 3.32. The third-order valence-corrected chi connectivity index (χ3v) is 6.74. The maximum Gasteiger partial charge on any atom is 0.223 e. The third kappa shape index (κ3) is 5.77. The third-order valence-electron chi connectivity index (χ3n) is 6.74. The minimum absolute atomic E-state index is 0.167. The fourth-order valence-corrected chi connectivity index (χ4v) is 4.48. The molecule has 2 atom stereocenters. The maximum absolute atomic E-state index is 13.3. The monoisotopic (exact) mass is 389 g/mol. The molecule has 3 rings (SSSR count). The Kier molecular flexibility index (Phi) is 7.10. The lowest BCUT2D eigenvalue weighted by Gasteiger charge is -2.42. The number of carbonyl (C=O) groups is 1. The van der Waals surface area contributed by atoms with Crippen LogP contribution in [0.2, 0.25) is 0 Å². The molecule has 0 radical (unpaired) electrons. The first kappa shape index (κ1) is 21.3. The zero-order chi connectivity index (χ0) is 20.1. The Morgan fingerprint density at radius 3 is 2.50 bits per heavy atom. The van der Waals surface area contributed by atoms with Crippen LogP contribution in [0.3, 0.4) is 0 Å². The molecule has 1 unspecified atom stereocenters. The molecule has 0 bridgehead atoms. The predicted molar refractivity (Wildman–Crippen MR) is 112 cm³/mol. The molecule has 0 spiro atoms. The average molecular weight is 390 g/mol. The second-order valence-electron chi connectivity index (χ2n) is 9.07. The van der Waals surface area contributed by atoms with E-state index in [1.165, 1.54) is 18.4 Å². The van der Waals surface area contributed by atoms with Crippen molar-refractivity contribution in [1.29, 1.82) is 0 Å². The van der Waals surface area contributed by atoms with Crippen LogP contribution in [0.5, 0.6) is 0 Å². The van der Waals surface area contributed by atoms with E-state index in [1.54, 1.807) is 17.0 Å². The molecule has 1 saturated heterocycles. The zero-order valence-corrected chi connectivity index (χ0v) is 17.7. The highest BCUT2D eigenvalue weighted by atomic mass is 19.1. The van der Waals surface area contributed by atoms with Gasteiger partial charge in [0.2, 0.25) is 5.91 Å². The molecular weight excluding hydrogens is 353 g/mol. The van der Waals surface area contributed by atoms with E-state index in [4.69, 9.17) is 0 Å². The molecule has 4 nitrogen and oxygen atoms in total. The molecule has 2 fully saturated rings. The topological polar surface area (TPSA) is 35.6 Å². The average Bonchev–Trinajstić information content (AvgIpc) is 3.46. The second kappa shape index (κ2) is 9.36. The lowest BCUT2D eigenvalue weighted by atomic mass is 9.73. The van der Waals surface area contributed by atoms with Gasteiger partial charge < -0.3 is 15.1 Å². The molecule has 1 saturated carbocycles. The van der Waals surface area contributed by atoms with Crippen molar-refractivity contribution in [2.24, 2.45) is 11.3 Å². The number of hydrogen-bond acceptors (Lipinski definition) is 3. The Hall–Kier alpha value is -1.46. The smallest absolute Gasteiger partial charge is 0.223 e. The number of halogens is 1. The van der Waals surface area contributed by atoms with Crippen molar-refractivity contribution in [3.8, 4) is 0 Å². The zero-order valence-electron chi connectivity index (χ0n) is 17.7. The highest BCUT2D eigenvalue weighted by Gasteiger charge is 2.39. The number of likely N-dealkylation sites (tertiary alicyclic amines) is 1. The lowest BCUT2D eigenvalue weighted by Crippen LogP contribution is -2.47. The van der Waals surface area contributed by atoms with Crippen LogP contribution >= 0.6 is 0 Å². The van der Waals surface area contributed by atoms with E-state index in [0.29, 0.717) is 12.5 Å². The van der Waals surface area contributed by atoms with E-state index in [9.17, 15) is 9.18 Å². The van der Waals surface area contributed by atoms with Crippen LogP contribution < -0.4 is 5.32 Å². The Bertz CT molecular complexity index is 638. The van der Waals surface area contributed by atoms with Crippen LogP contribution in [-0.2, 0) is 11.2 Å². The number of amides is 1. The minimum atomic E-state index is -0.167. The molecule has 28 heavy (non-hydrogen) atoms. The summed E-state index contributed by atoms with van der Waals surface area (Å²) in [7, 11) is 3.64. The summed E-state index contributed by atoms with van der Waals surface area (Å²) in [6.07, 6.45) is 6.40.